The molecule has 1 aromatic carbocycles. The lowest BCUT2D eigenvalue weighted by Crippen LogP contribution is -2.44. The fourth-order valence-electron chi connectivity index (χ4n) is 3.49. The van der Waals surface area contributed by atoms with E-state index in [1.807, 2.05) is 0 Å². The molecule has 10 heteroatoms. The monoisotopic (exact) mass is 476 g/mol. The molecule has 0 saturated carbocycles. The number of rotatable bonds is 8. The van der Waals surface area contributed by atoms with Crippen LogP contribution in [0.2, 0.25) is 0 Å². The van der Waals surface area contributed by atoms with Gasteiger partial charge in [0.05, 0.1) is 18.1 Å². The summed E-state index contributed by atoms with van der Waals surface area (Å²) >= 11 is 0.797. The van der Waals surface area contributed by atoms with Crippen molar-refractivity contribution in [1.82, 2.24) is 9.80 Å². The SMILES string of the molecule is COc1cc(/C=C2\SC(=O)N(CC(=O)N3CCCCC3)C2=O)ccc1OCC(=O)OC(C)C. The highest BCUT2D eigenvalue weighted by molar-refractivity contribution is 8.18. The van der Waals surface area contributed by atoms with Gasteiger partial charge in [0, 0.05) is 13.1 Å². The van der Waals surface area contributed by atoms with Gasteiger partial charge in [0.25, 0.3) is 11.1 Å². The summed E-state index contributed by atoms with van der Waals surface area (Å²) in [6.45, 7) is 4.31. The lowest BCUT2D eigenvalue weighted by Gasteiger charge is -2.27. The number of likely N-dealkylation sites (tertiary alicyclic amines) is 1. The largest absolute Gasteiger partial charge is 0.493 e. The number of benzene rings is 1. The standard InChI is InChI=1S/C23H28N2O7S/c1-15(2)32-21(27)14-31-17-8-7-16(11-18(17)30-3)12-19-22(28)25(23(29)33-19)13-20(26)24-9-5-4-6-10-24/h7-8,11-12,15H,4-6,9-10,13-14H2,1-3H3/b19-12-. The summed E-state index contributed by atoms with van der Waals surface area (Å²) in [5.41, 5.74) is 0.608. The lowest BCUT2D eigenvalue weighted by molar-refractivity contribution is -0.149. The van der Waals surface area contributed by atoms with Gasteiger partial charge in [0.15, 0.2) is 18.1 Å². The van der Waals surface area contributed by atoms with Crippen molar-refractivity contribution >= 4 is 40.9 Å². The van der Waals surface area contributed by atoms with Gasteiger partial charge in [-0.05, 0) is 68.6 Å². The van der Waals surface area contributed by atoms with Crippen molar-refractivity contribution in [1.29, 1.82) is 0 Å². The first kappa shape index (κ1) is 24.6. The number of ether oxygens (including phenoxy) is 3. The van der Waals surface area contributed by atoms with Crippen molar-refractivity contribution in [3.63, 3.8) is 0 Å². The van der Waals surface area contributed by atoms with Gasteiger partial charge < -0.3 is 19.1 Å². The Morgan fingerprint density at radius 3 is 2.52 bits per heavy atom. The van der Waals surface area contributed by atoms with Gasteiger partial charge in [-0.3, -0.25) is 19.3 Å². The van der Waals surface area contributed by atoms with Crippen LogP contribution in [0.1, 0.15) is 38.7 Å². The molecule has 178 valence electrons. The van der Waals surface area contributed by atoms with Crippen LogP contribution in [0.3, 0.4) is 0 Å². The topological polar surface area (TPSA) is 102 Å². The number of amides is 3. The minimum atomic E-state index is -0.496. The van der Waals surface area contributed by atoms with E-state index in [4.69, 9.17) is 14.2 Å². The number of methoxy groups -OCH3 is 1. The molecule has 1 aromatic rings. The number of carbonyl (C=O) groups excluding carboxylic acids is 4. The third-order valence-electron chi connectivity index (χ3n) is 5.07. The lowest BCUT2D eigenvalue weighted by atomic mass is 10.1. The summed E-state index contributed by atoms with van der Waals surface area (Å²) in [5.74, 6) is -0.497. The maximum Gasteiger partial charge on any atom is 0.344 e. The van der Waals surface area contributed by atoms with Crippen molar-refractivity contribution in [2.75, 3.05) is 33.4 Å². The molecule has 0 N–H and O–H groups in total. The van der Waals surface area contributed by atoms with Crippen LogP contribution in [-0.2, 0) is 19.1 Å². The van der Waals surface area contributed by atoms with Crippen molar-refractivity contribution in [2.45, 2.75) is 39.2 Å². The fourth-order valence-corrected chi connectivity index (χ4v) is 4.33. The summed E-state index contributed by atoms with van der Waals surface area (Å²) in [4.78, 5) is 52.2. The smallest absolute Gasteiger partial charge is 0.344 e. The number of imide groups is 1. The molecule has 2 aliphatic heterocycles. The van der Waals surface area contributed by atoms with E-state index >= 15 is 0 Å². The summed E-state index contributed by atoms with van der Waals surface area (Å²) in [5, 5.41) is -0.466. The predicted octanol–water partition coefficient (Wildman–Crippen LogP) is 3.07. The minimum Gasteiger partial charge on any atom is -0.493 e. The molecule has 3 amide bonds. The van der Waals surface area contributed by atoms with Gasteiger partial charge >= 0.3 is 5.97 Å². The van der Waals surface area contributed by atoms with Gasteiger partial charge in [-0.15, -0.1) is 0 Å². The van der Waals surface area contributed by atoms with E-state index in [0.29, 0.717) is 30.2 Å². The van der Waals surface area contributed by atoms with Crippen LogP contribution in [0.25, 0.3) is 6.08 Å². The van der Waals surface area contributed by atoms with Gasteiger partial charge in [-0.2, -0.15) is 0 Å². The maximum atomic E-state index is 12.8. The van der Waals surface area contributed by atoms with E-state index in [2.05, 4.69) is 0 Å². The maximum absolute atomic E-state index is 12.8. The van der Waals surface area contributed by atoms with Crippen LogP contribution in [0.4, 0.5) is 4.79 Å². The van der Waals surface area contributed by atoms with E-state index in [1.165, 1.54) is 7.11 Å². The third kappa shape index (κ3) is 6.50. The second-order valence-corrected chi connectivity index (χ2v) is 8.94. The highest BCUT2D eigenvalue weighted by atomic mass is 32.2. The molecule has 3 rings (SSSR count). The van der Waals surface area contributed by atoms with Crippen LogP contribution in [0.15, 0.2) is 23.1 Å². The molecule has 2 aliphatic rings. The molecular formula is C23H28N2O7S. The number of esters is 1. The van der Waals surface area contributed by atoms with Crippen molar-refractivity contribution in [2.24, 2.45) is 0 Å². The third-order valence-corrected chi connectivity index (χ3v) is 5.98. The molecule has 33 heavy (non-hydrogen) atoms. The zero-order valence-corrected chi connectivity index (χ0v) is 19.8. The number of piperidine rings is 1. The first-order chi connectivity index (χ1) is 15.8. The van der Waals surface area contributed by atoms with E-state index in [1.54, 1.807) is 43.0 Å². The first-order valence-electron chi connectivity index (χ1n) is 10.8. The van der Waals surface area contributed by atoms with E-state index in [-0.39, 0.29) is 30.1 Å². The van der Waals surface area contributed by atoms with E-state index < -0.39 is 17.1 Å². The van der Waals surface area contributed by atoms with Gasteiger partial charge in [-0.1, -0.05) is 6.07 Å². The molecule has 2 fully saturated rings. The van der Waals surface area contributed by atoms with Gasteiger partial charge in [0.1, 0.15) is 6.54 Å². The Hall–Kier alpha value is -3.01. The molecular weight excluding hydrogens is 448 g/mol. The molecule has 9 nitrogen and oxygen atoms in total. The Morgan fingerprint density at radius 2 is 1.85 bits per heavy atom. The molecule has 2 saturated heterocycles. The van der Waals surface area contributed by atoms with E-state index in [9.17, 15) is 19.2 Å². The quantitative estimate of drug-likeness (QED) is 0.417. The molecule has 0 aromatic heterocycles. The van der Waals surface area contributed by atoms with Crippen LogP contribution in [0.5, 0.6) is 11.5 Å². The Kier molecular flexibility index (Phi) is 8.37. The van der Waals surface area contributed by atoms with Crippen LogP contribution in [-0.4, -0.2) is 72.3 Å². The van der Waals surface area contributed by atoms with E-state index in [0.717, 1.165) is 35.9 Å². The second kappa shape index (κ2) is 11.2. The normalized spacial score (nSPS) is 17.6. The zero-order valence-electron chi connectivity index (χ0n) is 19.0. The van der Waals surface area contributed by atoms with Gasteiger partial charge in [0.2, 0.25) is 5.91 Å². The number of carbonyl (C=O) groups is 4. The second-order valence-electron chi connectivity index (χ2n) is 7.95. The number of nitrogens with zero attached hydrogens (tertiary/aromatic N) is 2. The molecule has 0 spiro atoms. The highest BCUT2D eigenvalue weighted by Crippen LogP contribution is 2.34. The summed E-state index contributed by atoms with van der Waals surface area (Å²) in [6, 6.07) is 4.92. The summed E-state index contributed by atoms with van der Waals surface area (Å²) < 4.78 is 15.8. The van der Waals surface area contributed by atoms with Crippen LogP contribution < -0.4 is 9.47 Å². The molecule has 0 aliphatic carbocycles. The van der Waals surface area contributed by atoms with Crippen LogP contribution in [0, 0.1) is 0 Å². The summed E-state index contributed by atoms with van der Waals surface area (Å²) in [6.07, 6.45) is 4.29. The highest BCUT2D eigenvalue weighted by Gasteiger charge is 2.37. The van der Waals surface area contributed by atoms with Crippen LogP contribution >= 0.6 is 11.8 Å². The Labute approximate surface area is 197 Å². The molecule has 2 heterocycles. The average molecular weight is 477 g/mol. The van der Waals surface area contributed by atoms with Crippen molar-refractivity contribution in [3.05, 3.63) is 28.7 Å². The van der Waals surface area contributed by atoms with Crippen molar-refractivity contribution < 1.29 is 33.4 Å². The molecule has 0 radical (unpaired) electrons. The summed E-state index contributed by atoms with van der Waals surface area (Å²) in [7, 11) is 1.46. The fraction of sp³-hybridized carbons (Fsp3) is 0.478. The minimum absolute atomic E-state index is 0.211. The Bertz CT molecular complexity index is 954. The zero-order chi connectivity index (χ0) is 24.0. The van der Waals surface area contributed by atoms with Gasteiger partial charge in [-0.25, -0.2) is 4.79 Å². The predicted molar refractivity (Wildman–Crippen MR) is 123 cm³/mol. The number of thioether (sulfide) groups is 1. The molecule has 0 atom stereocenters. The first-order valence-corrected chi connectivity index (χ1v) is 11.6. The van der Waals surface area contributed by atoms with Crippen molar-refractivity contribution in [3.8, 4) is 11.5 Å². The number of hydrogen-bond donors (Lipinski definition) is 0. The average Bonchev–Trinajstić information content (AvgIpc) is 3.05. The number of hydrogen-bond acceptors (Lipinski definition) is 8. The Balaban J connectivity index is 1.67. The molecule has 0 bridgehead atoms. The Morgan fingerprint density at radius 1 is 1.12 bits per heavy atom. The molecule has 0 unspecified atom stereocenters.